The van der Waals surface area contributed by atoms with Crippen LogP contribution in [-0.4, -0.2) is 199 Å². The quantitative estimate of drug-likeness (QED) is 0.00643. The van der Waals surface area contributed by atoms with Crippen molar-refractivity contribution >= 4 is 93.6 Å². The minimum absolute atomic E-state index is 0.00565. The van der Waals surface area contributed by atoms with E-state index in [9.17, 15) is 63.6 Å². The molecule has 11 amide bonds. The molecule has 0 fully saturated rings. The molecule has 3 aliphatic heterocycles. The lowest BCUT2D eigenvalue weighted by atomic mass is 9.77. The molecule has 0 saturated heterocycles. The van der Waals surface area contributed by atoms with Crippen LogP contribution in [0, 0.1) is 17.2 Å². The third-order valence-electron chi connectivity index (χ3n) is 23.6. The van der Waals surface area contributed by atoms with Gasteiger partial charge in [-0.15, -0.1) is 0 Å². The van der Waals surface area contributed by atoms with Crippen LogP contribution in [-0.2, 0) is 82.3 Å². The Labute approximate surface area is 765 Å². The molecule has 7 aromatic rings. The summed E-state index contributed by atoms with van der Waals surface area (Å²) in [7, 11) is 0. The predicted octanol–water partition coefficient (Wildman–Crippen LogP) is 4.63. The second kappa shape index (κ2) is 45.7. The first kappa shape index (κ1) is 100. The highest BCUT2D eigenvalue weighted by Crippen LogP contribution is 2.57. The summed E-state index contributed by atoms with van der Waals surface area (Å²) in [6.45, 7) is 12.4. The number of rotatable bonds is 35. The second-order valence-electron chi connectivity index (χ2n) is 35.3. The number of carbonyl (C=O) groups excluding carboxylic acids is 13. The van der Waals surface area contributed by atoms with E-state index in [1.165, 1.54) is 107 Å². The first-order valence-electron chi connectivity index (χ1n) is 44.6. The number of amides is 11. The minimum Gasteiger partial charge on any atom is -0.508 e. The molecule has 10 rings (SSSR count). The topological polar surface area (TPSA) is 583 Å². The lowest BCUT2D eigenvalue weighted by Crippen LogP contribution is -2.65. The first-order valence-corrected chi connectivity index (χ1v) is 44.6. The van der Waals surface area contributed by atoms with Gasteiger partial charge in [-0.1, -0.05) is 113 Å². The number of aromatic amines is 1. The van der Waals surface area contributed by atoms with Crippen LogP contribution in [0.2, 0.25) is 0 Å². The number of fused-ring (bicyclic) bond motifs is 7. The van der Waals surface area contributed by atoms with Gasteiger partial charge in [0.2, 0.25) is 65.0 Å². The van der Waals surface area contributed by atoms with Gasteiger partial charge < -0.3 is 116 Å². The number of ether oxygens (including phenoxy) is 2. The molecule has 0 saturated carbocycles. The average Bonchev–Trinajstić information content (AvgIpc) is 1.51. The van der Waals surface area contributed by atoms with Crippen molar-refractivity contribution in [1.82, 2.24) is 68.8 Å². The summed E-state index contributed by atoms with van der Waals surface area (Å²) < 4.78 is 12.3. The lowest BCUT2D eigenvalue weighted by molar-refractivity contribution is -0.138. The number of para-hydroxylation sites is 1. The van der Waals surface area contributed by atoms with Crippen LogP contribution in [0.25, 0.3) is 10.9 Å². The molecule has 12 atom stereocenters. The standard InChI is InChI=1S/C96H123N17O19/c1-53(2)43-73-87(125)106-72(27-18-21-41-97)85(123)107-74(44-54(3)4)89(127)113-95(8,40-20-12-10-9-11-19-39-94(7,91(129)109-73)112-79(118)52-103-84(122)71(28-22-42-101-93(99)100)105-83(121)69(98)48-60-51-102-70-26-17-16-25-64(60)70)92(130)110-76(45-57-23-14-13-15-24-57)88(126)108-75(46-58-29-32-61(115)33-30-58)86(124)104-55(5)82(120)111-80(56(6)114)81(119)59-31-36-66-65(47-59)90(128)132-96(66)67-37-34-62(116)49-77(67)131-78-50-63(117)35-38-68(78)96/h9-10,13-17,23-26,29-38,47,49-51,53-56,69,71-76,80,102,114-117H,11-12,18-22,27-28,39-46,48,52,97-98H2,1-8H3,(H,103,122)(H,104,124)(H,105,121)(H,106,125)(H,107,123)(H,108,126)(H,109,129)(H,110,130)(H,111,120)(H,112,118)(H,113,127)(H4,99,100,101)/b10-9-/t55-,56+,69-,71-,72-,73-,74-,75-,76-,80-,94-,95-/m0/s1. The summed E-state index contributed by atoms with van der Waals surface area (Å²) in [6.07, 6.45) is 5.40. The molecule has 3 aliphatic rings. The highest BCUT2D eigenvalue weighted by molar-refractivity contribution is 6.07. The molecular formula is C96H123N17O19. The Hall–Kier alpha value is -13.7. The Morgan fingerprint density at radius 3 is 1.80 bits per heavy atom. The van der Waals surface area contributed by atoms with Gasteiger partial charge in [0.05, 0.1) is 24.3 Å². The number of aromatic hydroxyl groups is 3. The number of allylic oxidation sites excluding steroid dienone is 2. The maximum atomic E-state index is 15.7. The summed E-state index contributed by atoms with van der Waals surface area (Å²) in [5, 5.41) is 84.0. The fraction of sp³-hybridized carbons (Fsp3) is 0.438. The third kappa shape index (κ3) is 26.3. The number of phenolic OH excluding ortho intramolecular Hbond substituents is 3. The summed E-state index contributed by atoms with van der Waals surface area (Å²) in [6, 6.07) is 21.6. The summed E-state index contributed by atoms with van der Waals surface area (Å²) in [5.41, 5.74) is 15.8. The molecule has 706 valence electrons. The molecule has 1 aromatic heterocycles. The number of aliphatic hydroxyl groups is 1. The maximum Gasteiger partial charge on any atom is 0.340 e. The van der Waals surface area contributed by atoms with Gasteiger partial charge in [0.15, 0.2) is 17.3 Å². The van der Waals surface area contributed by atoms with E-state index in [2.05, 4.69) is 68.8 Å². The van der Waals surface area contributed by atoms with Crippen LogP contribution in [0.15, 0.2) is 152 Å². The Balaban J connectivity index is 0.875. The molecule has 0 bridgehead atoms. The van der Waals surface area contributed by atoms with Crippen molar-refractivity contribution < 1.29 is 92.2 Å². The SMILES string of the molecule is CC(C)C[C@@H]1NC(=O)[C@H](CCCCN)NC(=O)[C@H](CC(C)C)NC(=O)[C@@](C)(NC(=O)CNC(=O)[C@H](CCCNC(=N)N)NC(=O)[C@@H](N)Cc2c[nH]c3ccccc23)CCC/C=C\CCC[C@@](C)(C(=O)N[C@@H](Cc2ccccc2)C(=O)N[C@@H](Cc2ccc(O)cc2)C(=O)N[C@@H](C)C(=O)N[C@H](C(=O)c2ccc3c(c2)C(=O)OC32c3ccc(O)cc3Oc3cc(O)ccc32)[C@@H](C)O)NC1=O. The van der Waals surface area contributed by atoms with E-state index >= 15 is 19.2 Å². The van der Waals surface area contributed by atoms with E-state index in [-0.39, 0.29) is 160 Å². The highest BCUT2D eigenvalue weighted by Gasteiger charge is 2.54. The van der Waals surface area contributed by atoms with Gasteiger partial charge in [-0.2, -0.15) is 0 Å². The number of nitrogens with one attached hydrogen (secondary N) is 14. The van der Waals surface area contributed by atoms with Gasteiger partial charge in [-0.25, -0.2) is 4.79 Å². The highest BCUT2D eigenvalue weighted by atomic mass is 16.6. The van der Waals surface area contributed by atoms with Crippen molar-refractivity contribution in [2.45, 2.75) is 235 Å². The van der Waals surface area contributed by atoms with Crippen LogP contribution < -0.4 is 85.7 Å². The number of guanidine groups is 1. The molecular weight excluding hydrogens is 1700 g/mol. The van der Waals surface area contributed by atoms with E-state index in [4.69, 9.17) is 32.1 Å². The first-order chi connectivity index (χ1) is 62.8. The fourth-order valence-electron chi connectivity index (χ4n) is 16.4. The number of aromatic nitrogens is 1. The zero-order valence-corrected chi connectivity index (χ0v) is 75.4. The zero-order valence-electron chi connectivity index (χ0n) is 75.4. The smallest absolute Gasteiger partial charge is 0.340 e. The normalized spacial score (nSPS) is 19.9. The van der Waals surface area contributed by atoms with E-state index in [1.807, 2.05) is 64.1 Å². The van der Waals surface area contributed by atoms with E-state index < -0.39 is 160 Å². The lowest BCUT2D eigenvalue weighted by Gasteiger charge is -2.36. The van der Waals surface area contributed by atoms with Crippen molar-refractivity contribution in [3.8, 4) is 28.7 Å². The number of unbranched alkanes of at least 4 members (excludes halogenated alkanes) is 1. The molecule has 6 aromatic carbocycles. The number of hydrogen-bond donors (Lipinski definition) is 21. The van der Waals surface area contributed by atoms with Crippen molar-refractivity contribution in [2.75, 3.05) is 19.6 Å². The Morgan fingerprint density at radius 2 is 1.16 bits per heavy atom. The molecule has 0 unspecified atom stereocenters. The molecule has 132 heavy (non-hydrogen) atoms. The summed E-state index contributed by atoms with van der Waals surface area (Å²) in [4.78, 5) is 195. The van der Waals surface area contributed by atoms with E-state index in [0.717, 1.165) is 16.5 Å². The minimum atomic E-state index is -1.91. The largest absolute Gasteiger partial charge is 0.508 e. The van der Waals surface area contributed by atoms with Crippen molar-refractivity contribution in [3.63, 3.8) is 0 Å². The van der Waals surface area contributed by atoms with Crippen LogP contribution in [0.1, 0.15) is 193 Å². The molecule has 1 spiro atoms. The molecule has 24 N–H and O–H groups in total. The molecule has 36 nitrogen and oxygen atoms in total. The van der Waals surface area contributed by atoms with Crippen LogP contribution in [0.4, 0.5) is 0 Å². The molecule has 4 heterocycles. The van der Waals surface area contributed by atoms with Gasteiger partial charge in [-0.3, -0.25) is 62.9 Å². The Morgan fingerprint density at radius 1 is 0.583 bits per heavy atom. The Bertz CT molecular complexity index is 5340. The number of benzene rings is 6. The zero-order chi connectivity index (χ0) is 95.9. The number of ketones is 1. The average molecular weight is 1820 g/mol. The summed E-state index contributed by atoms with van der Waals surface area (Å²) >= 11 is 0. The van der Waals surface area contributed by atoms with Crippen LogP contribution >= 0.6 is 0 Å². The number of esters is 1. The van der Waals surface area contributed by atoms with Crippen molar-refractivity contribution in [3.05, 3.63) is 196 Å². The molecule has 0 aliphatic carbocycles. The number of carbonyl (C=O) groups is 13. The second-order valence-corrected chi connectivity index (χ2v) is 35.3. The predicted molar refractivity (Wildman–Crippen MR) is 491 cm³/mol. The van der Waals surface area contributed by atoms with Gasteiger partial charge in [0.25, 0.3) is 0 Å². The van der Waals surface area contributed by atoms with Crippen molar-refractivity contribution in [1.29, 1.82) is 5.41 Å². The number of phenols is 3. The van der Waals surface area contributed by atoms with Gasteiger partial charge >= 0.3 is 5.97 Å². The molecule has 36 heteroatoms. The van der Waals surface area contributed by atoms with E-state index in [1.54, 1.807) is 36.5 Å². The van der Waals surface area contributed by atoms with Gasteiger partial charge in [-0.05, 0) is 201 Å². The third-order valence-corrected chi connectivity index (χ3v) is 23.6. The summed E-state index contributed by atoms with van der Waals surface area (Å²) in [5.74, 6) is -11.9. The number of H-pyrrole nitrogens is 1. The molecule has 0 radical (unpaired) electrons. The number of Topliss-reactive ketones (excluding diaryl/α,β-unsaturated/α-hetero) is 1. The Kier molecular flexibility index (Phi) is 34.7. The number of nitrogens with two attached hydrogens (primary N) is 3. The fourth-order valence-corrected chi connectivity index (χ4v) is 16.4. The van der Waals surface area contributed by atoms with Crippen molar-refractivity contribution in [2.24, 2.45) is 29.0 Å². The van der Waals surface area contributed by atoms with Crippen LogP contribution in [0.5, 0.6) is 28.7 Å². The monoisotopic (exact) mass is 1820 g/mol. The number of hydrogen-bond acceptors (Lipinski definition) is 22. The van der Waals surface area contributed by atoms with Gasteiger partial charge in [0, 0.05) is 70.9 Å². The van der Waals surface area contributed by atoms with E-state index in [0.29, 0.717) is 41.5 Å². The number of aliphatic hydroxyl groups excluding tert-OH is 1. The van der Waals surface area contributed by atoms with Gasteiger partial charge in [0.1, 0.15) is 88.2 Å². The van der Waals surface area contributed by atoms with Crippen LogP contribution in [0.3, 0.4) is 0 Å². The maximum absolute atomic E-state index is 15.7.